The quantitative estimate of drug-likeness (QED) is 0.717. The lowest BCUT2D eigenvalue weighted by Gasteiger charge is -2.13. The molecule has 3 rings (SSSR count). The third-order valence-electron chi connectivity index (χ3n) is 3.78. The number of nitrogens with one attached hydrogen (secondary N) is 2. The Morgan fingerprint density at radius 3 is 2.33 bits per heavy atom. The van der Waals surface area contributed by atoms with Crippen molar-refractivity contribution in [3.05, 3.63) is 57.6 Å². The van der Waals surface area contributed by atoms with Gasteiger partial charge in [0.25, 0.3) is 11.8 Å². The van der Waals surface area contributed by atoms with Crippen LogP contribution in [-0.2, 0) is 0 Å². The maximum Gasteiger partial charge on any atom is 0.387 e. The van der Waals surface area contributed by atoms with Crippen molar-refractivity contribution in [2.75, 3.05) is 5.32 Å². The average Bonchev–Trinajstić information content (AvgIpc) is 3.41. The van der Waals surface area contributed by atoms with Crippen LogP contribution >= 0.6 is 23.2 Å². The third-order valence-corrected chi connectivity index (χ3v) is 4.28. The molecule has 0 radical (unpaired) electrons. The molecule has 2 N–H and O–H groups in total. The average molecular weight is 415 g/mol. The number of benzene rings is 2. The Labute approximate surface area is 163 Å². The topological polar surface area (TPSA) is 67.4 Å². The van der Waals surface area contributed by atoms with Gasteiger partial charge in [-0.25, -0.2) is 0 Å². The van der Waals surface area contributed by atoms with Crippen molar-refractivity contribution in [2.24, 2.45) is 0 Å². The summed E-state index contributed by atoms with van der Waals surface area (Å²) in [5.74, 6) is -1.39. The van der Waals surface area contributed by atoms with Crippen molar-refractivity contribution in [1.82, 2.24) is 5.32 Å². The number of ether oxygens (including phenoxy) is 1. The van der Waals surface area contributed by atoms with Crippen LogP contribution in [0, 0.1) is 0 Å². The number of rotatable bonds is 6. The van der Waals surface area contributed by atoms with E-state index in [-0.39, 0.29) is 27.6 Å². The molecule has 1 fully saturated rings. The molecule has 9 heteroatoms. The fourth-order valence-electron chi connectivity index (χ4n) is 2.34. The lowest BCUT2D eigenvalue weighted by Crippen LogP contribution is -2.25. The van der Waals surface area contributed by atoms with Crippen LogP contribution in [0.5, 0.6) is 5.75 Å². The molecule has 2 aromatic carbocycles. The van der Waals surface area contributed by atoms with Crippen LogP contribution < -0.4 is 15.4 Å². The first-order valence-electron chi connectivity index (χ1n) is 7.99. The number of carbonyl (C=O) groups excluding carboxylic acids is 2. The van der Waals surface area contributed by atoms with Gasteiger partial charge in [0.2, 0.25) is 0 Å². The molecular formula is C18H14Cl2F2N2O3. The van der Waals surface area contributed by atoms with Crippen LogP contribution in [0.3, 0.4) is 0 Å². The van der Waals surface area contributed by atoms with Gasteiger partial charge >= 0.3 is 6.61 Å². The van der Waals surface area contributed by atoms with E-state index in [1.54, 1.807) is 12.1 Å². The zero-order chi connectivity index (χ0) is 19.6. The van der Waals surface area contributed by atoms with E-state index in [4.69, 9.17) is 23.2 Å². The van der Waals surface area contributed by atoms with E-state index in [1.165, 1.54) is 24.3 Å². The highest BCUT2D eigenvalue weighted by Crippen LogP contribution is 2.34. The van der Waals surface area contributed by atoms with Gasteiger partial charge in [0.15, 0.2) is 5.75 Å². The van der Waals surface area contributed by atoms with Gasteiger partial charge < -0.3 is 15.4 Å². The highest BCUT2D eigenvalue weighted by molar-refractivity contribution is 6.36. The minimum Gasteiger partial charge on any atom is -0.432 e. The van der Waals surface area contributed by atoms with Crippen LogP contribution in [0.1, 0.15) is 33.6 Å². The third kappa shape index (κ3) is 5.08. The summed E-state index contributed by atoms with van der Waals surface area (Å²) >= 11 is 11.7. The van der Waals surface area contributed by atoms with Crippen LogP contribution in [0.2, 0.25) is 10.0 Å². The molecule has 1 aliphatic carbocycles. The molecule has 27 heavy (non-hydrogen) atoms. The Kier molecular flexibility index (Phi) is 5.82. The molecule has 142 valence electrons. The maximum absolute atomic E-state index is 12.6. The Balaban J connectivity index is 1.75. The molecule has 0 bridgehead atoms. The number of alkyl halides is 2. The van der Waals surface area contributed by atoms with Crippen molar-refractivity contribution in [2.45, 2.75) is 25.5 Å². The molecule has 2 amide bonds. The summed E-state index contributed by atoms with van der Waals surface area (Å²) in [6.45, 7) is -3.15. The van der Waals surface area contributed by atoms with E-state index in [1.807, 2.05) is 0 Å². The van der Waals surface area contributed by atoms with Gasteiger partial charge in [-0.05, 0) is 49.2 Å². The van der Waals surface area contributed by atoms with Gasteiger partial charge in [0, 0.05) is 22.3 Å². The SMILES string of the molecule is O=C(NC1CC1)c1ccc(NC(=O)c2cc(Cl)cc(Cl)c2OC(F)F)cc1. The molecule has 0 unspecified atom stereocenters. The van der Waals surface area contributed by atoms with E-state index < -0.39 is 18.3 Å². The summed E-state index contributed by atoms with van der Waals surface area (Å²) in [6.07, 6.45) is 1.95. The Bertz CT molecular complexity index is 872. The van der Waals surface area contributed by atoms with E-state index in [9.17, 15) is 18.4 Å². The molecule has 0 heterocycles. The number of hydrogen-bond donors (Lipinski definition) is 2. The number of amides is 2. The van der Waals surface area contributed by atoms with E-state index in [0.717, 1.165) is 12.8 Å². The van der Waals surface area contributed by atoms with Gasteiger partial charge in [-0.3, -0.25) is 9.59 Å². The number of hydrogen-bond acceptors (Lipinski definition) is 3. The highest BCUT2D eigenvalue weighted by atomic mass is 35.5. The van der Waals surface area contributed by atoms with Crippen LogP contribution in [0.25, 0.3) is 0 Å². The van der Waals surface area contributed by atoms with E-state index >= 15 is 0 Å². The molecule has 2 aromatic rings. The van der Waals surface area contributed by atoms with Crippen LogP contribution in [0.15, 0.2) is 36.4 Å². The van der Waals surface area contributed by atoms with E-state index in [0.29, 0.717) is 11.3 Å². The van der Waals surface area contributed by atoms with Crippen molar-refractivity contribution in [3.8, 4) is 5.75 Å². The smallest absolute Gasteiger partial charge is 0.387 e. The van der Waals surface area contributed by atoms with Gasteiger partial charge in [-0.1, -0.05) is 23.2 Å². The summed E-state index contributed by atoms with van der Waals surface area (Å²) in [5.41, 5.74) is 0.581. The van der Waals surface area contributed by atoms with Gasteiger partial charge in [0.05, 0.1) is 10.6 Å². The lowest BCUT2D eigenvalue weighted by atomic mass is 10.1. The van der Waals surface area contributed by atoms with Gasteiger partial charge in [-0.15, -0.1) is 0 Å². The molecule has 5 nitrogen and oxygen atoms in total. The molecule has 0 aromatic heterocycles. The van der Waals surface area contributed by atoms with E-state index in [2.05, 4.69) is 15.4 Å². The first-order valence-corrected chi connectivity index (χ1v) is 8.75. The summed E-state index contributed by atoms with van der Waals surface area (Å²) in [7, 11) is 0. The Hall–Kier alpha value is -2.38. The van der Waals surface area contributed by atoms with Crippen molar-refractivity contribution in [3.63, 3.8) is 0 Å². The van der Waals surface area contributed by atoms with Crippen molar-refractivity contribution >= 4 is 40.7 Å². The van der Waals surface area contributed by atoms with Gasteiger partial charge in [-0.2, -0.15) is 8.78 Å². The second kappa shape index (κ2) is 8.10. The number of anilines is 1. The number of halogens is 4. The zero-order valence-corrected chi connectivity index (χ0v) is 15.3. The molecule has 0 saturated heterocycles. The molecule has 0 aliphatic heterocycles. The standard InChI is InChI=1S/C18H14Cl2F2N2O3/c19-10-7-13(15(14(20)8-10)27-18(21)22)17(26)24-11-3-1-9(2-4-11)16(25)23-12-5-6-12/h1-4,7-8,12,18H,5-6H2,(H,23,25)(H,24,26). The molecule has 0 spiro atoms. The van der Waals surface area contributed by atoms with Gasteiger partial charge in [0.1, 0.15) is 0 Å². The van der Waals surface area contributed by atoms with Crippen LogP contribution in [0.4, 0.5) is 14.5 Å². The second-order valence-electron chi connectivity index (χ2n) is 5.92. The fourth-order valence-corrected chi connectivity index (χ4v) is 2.88. The zero-order valence-electron chi connectivity index (χ0n) is 13.8. The molecule has 0 atom stereocenters. The monoisotopic (exact) mass is 414 g/mol. The first-order chi connectivity index (χ1) is 12.8. The first kappa shape index (κ1) is 19.4. The predicted molar refractivity (Wildman–Crippen MR) is 98.0 cm³/mol. The normalized spacial score (nSPS) is 13.4. The Morgan fingerprint density at radius 2 is 1.74 bits per heavy atom. The lowest BCUT2D eigenvalue weighted by molar-refractivity contribution is -0.0500. The summed E-state index contributed by atoms with van der Waals surface area (Å²) in [5, 5.41) is 5.27. The largest absolute Gasteiger partial charge is 0.432 e. The minimum absolute atomic E-state index is 0.0962. The molecule has 1 aliphatic rings. The van der Waals surface area contributed by atoms with Crippen molar-refractivity contribution < 1.29 is 23.1 Å². The summed E-state index contributed by atoms with van der Waals surface area (Å²) in [4.78, 5) is 24.4. The Morgan fingerprint density at radius 1 is 1.07 bits per heavy atom. The molecule has 1 saturated carbocycles. The minimum atomic E-state index is -3.15. The predicted octanol–water partition coefficient (Wildman–Crippen LogP) is 4.74. The van der Waals surface area contributed by atoms with Crippen LogP contribution in [-0.4, -0.2) is 24.5 Å². The molecular weight excluding hydrogens is 401 g/mol. The number of carbonyl (C=O) groups is 2. The second-order valence-corrected chi connectivity index (χ2v) is 6.77. The highest BCUT2D eigenvalue weighted by Gasteiger charge is 2.24. The summed E-state index contributed by atoms with van der Waals surface area (Å²) < 4.78 is 29.6. The maximum atomic E-state index is 12.6. The summed E-state index contributed by atoms with van der Waals surface area (Å²) in [6, 6.07) is 8.77. The fraction of sp³-hybridized carbons (Fsp3) is 0.222. The van der Waals surface area contributed by atoms with Crippen molar-refractivity contribution in [1.29, 1.82) is 0 Å².